The Hall–Kier alpha value is -3.51. The van der Waals surface area contributed by atoms with Gasteiger partial charge in [-0.2, -0.15) is 0 Å². The first kappa shape index (κ1) is 21.1. The molecule has 0 amide bonds. The van der Waals surface area contributed by atoms with E-state index in [2.05, 4.69) is 82.5 Å². The number of nitrogens with zero attached hydrogens (tertiary/aromatic N) is 5. The van der Waals surface area contributed by atoms with Crippen molar-refractivity contribution in [1.82, 2.24) is 24.5 Å². The third-order valence-electron chi connectivity index (χ3n) is 7.25. The second kappa shape index (κ2) is 8.37. The molecule has 3 aromatic heterocycles. The monoisotopic (exact) mass is 451 g/mol. The van der Waals surface area contributed by atoms with Gasteiger partial charge in [0, 0.05) is 36.9 Å². The summed E-state index contributed by atoms with van der Waals surface area (Å²) in [5, 5.41) is 9.75. The highest BCUT2D eigenvalue weighted by atomic mass is 16.5. The van der Waals surface area contributed by atoms with Crippen LogP contribution >= 0.6 is 0 Å². The van der Waals surface area contributed by atoms with Crippen molar-refractivity contribution in [2.75, 3.05) is 13.2 Å². The van der Waals surface area contributed by atoms with Crippen LogP contribution in [0.15, 0.2) is 60.7 Å². The van der Waals surface area contributed by atoms with Gasteiger partial charge in [-0.1, -0.05) is 53.7 Å². The molecule has 0 spiro atoms. The van der Waals surface area contributed by atoms with Crippen molar-refractivity contribution in [2.24, 2.45) is 13.0 Å². The zero-order valence-electron chi connectivity index (χ0n) is 19.9. The number of aryl methyl sites for hydroxylation is 3. The number of hydrogen-bond donors (Lipinski definition) is 0. The molecule has 0 saturated carbocycles. The predicted octanol–water partition coefficient (Wildman–Crippen LogP) is 5.62. The van der Waals surface area contributed by atoms with E-state index in [1.807, 2.05) is 18.7 Å². The summed E-state index contributed by atoms with van der Waals surface area (Å²) in [6.07, 6.45) is 2.09. The first-order valence-electron chi connectivity index (χ1n) is 12.0. The second-order valence-electron chi connectivity index (χ2n) is 9.33. The van der Waals surface area contributed by atoms with Crippen molar-refractivity contribution in [1.29, 1.82) is 0 Å². The Morgan fingerprint density at radius 3 is 2.38 bits per heavy atom. The zero-order chi connectivity index (χ0) is 23.2. The molecule has 6 nitrogen and oxygen atoms in total. The molecule has 1 aliphatic rings. The van der Waals surface area contributed by atoms with Crippen molar-refractivity contribution in [3.63, 3.8) is 0 Å². The lowest BCUT2D eigenvalue weighted by molar-refractivity contribution is 0.0553. The molecular formula is C28H29N5O. The van der Waals surface area contributed by atoms with Crippen molar-refractivity contribution in [3.05, 3.63) is 77.6 Å². The minimum Gasteiger partial charge on any atom is -0.381 e. The van der Waals surface area contributed by atoms with E-state index in [4.69, 9.17) is 9.72 Å². The van der Waals surface area contributed by atoms with Crippen LogP contribution < -0.4 is 0 Å². The summed E-state index contributed by atoms with van der Waals surface area (Å²) in [6, 6.07) is 22.1. The lowest BCUT2D eigenvalue weighted by Gasteiger charge is -2.33. The van der Waals surface area contributed by atoms with Gasteiger partial charge < -0.3 is 9.30 Å². The van der Waals surface area contributed by atoms with Gasteiger partial charge >= 0.3 is 0 Å². The van der Waals surface area contributed by atoms with E-state index in [9.17, 15) is 0 Å². The number of para-hydroxylation sites is 1. The molecule has 0 unspecified atom stereocenters. The van der Waals surface area contributed by atoms with Crippen molar-refractivity contribution >= 4 is 21.9 Å². The highest BCUT2D eigenvalue weighted by Gasteiger charge is 2.30. The quantitative estimate of drug-likeness (QED) is 0.356. The fraction of sp³-hybridized carbons (Fsp3) is 0.321. The number of pyridine rings is 1. The molecule has 34 heavy (non-hydrogen) atoms. The lowest BCUT2D eigenvalue weighted by Crippen LogP contribution is -2.26. The minimum absolute atomic E-state index is 0.204. The molecule has 1 aliphatic heterocycles. The van der Waals surface area contributed by atoms with Gasteiger partial charge in [0.15, 0.2) is 0 Å². The number of benzene rings is 2. The van der Waals surface area contributed by atoms with Crippen LogP contribution in [-0.2, 0) is 11.8 Å². The van der Waals surface area contributed by atoms with Crippen LogP contribution in [0.1, 0.15) is 35.8 Å². The first-order valence-corrected chi connectivity index (χ1v) is 12.0. The van der Waals surface area contributed by atoms with Gasteiger partial charge in [-0.25, -0.2) is 4.68 Å². The van der Waals surface area contributed by atoms with Crippen LogP contribution in [0, 0.1) is 19.8 Å². The Bertz CT molecular complexity index is 1460. The molecule has 0 bridgehead atoms. The molecule has 0 aliphatic carbocycles. The molecule has 0 radical (unpaired) electrons. The summed E-state index contributed by atoms with van der Waals surface area (Å²) in [7, 11) is 1.95. The summed E-state index contributed by atoms with van der Waals surface area (Å²) in [4.78, 5) is 5.17. The smallest absolute Gasteiger partial charge is 0.0963 e. The first-order chi connectivity index (χ1) is 16.6. The van der Waals surface area contributed by atoms with E-state index in [1.54, 1.807) is 0 Å². The molecule has 1 atom stereocenters. The maximum atomic E-state index is 5.75. The van der Waals surface area contributed by atoms with Crippen molar-refractivity contribution in [3.8, 4) is 11.3 Å². The summed E-state index contributed by atoms with van der Waals surface area (Å²) in [5.41, 5.74) is 8.77. The van der Waals surface area contributed by atoms with E-state index < -0.39 is 0 Å². The molecule has 172 valence electrons. The van der Waals surface area contributed by atoms with E-state index in [0.717, 1.165) is 59.7 Å². The summed E-state index contributed by atoms with van der Waals surface area (Å²) in [6.45, 7) is 5.72. The molecule has 6 rings (SSSR count). The van der Waals surface area contributed by atoms with Crippen LogP contribution in [0.4, 0.5) is 0 Å². The van der Waals surface area contributed by atoms with Crippen LogP contribution in [0.2, 0.25) is 0 Å². The number of rotatable bonds is 4. The maximum absolute atomic E-state index is 5.75. The van der Waals surface area contributed by atoms with E-state index >= 15 is 0 Å². The molecule has 2 aromatic carbocycles. The van der Waals surface area contributed by atoms with Gasteiger partial charge in [0.05, 0.1) is 34.0 Å². The summed E-state index contributed by atoms with van der Waals surface area (Å²) in [5.74, 6) is 0.486. The Kier molecular flexibility index (Phi) is 5.18. The third-order valence-corrected chi connectivity index (χ3v) is 7.25. The molecule has 0 N–H and O–H groups in total. The minimum atomic E-state index is 0.204. The van der Waals surface area contributed by atoms with Gasteiger partial charge in [-0.3, -0.25) is 4.98 Å². The second-order valence-corrected chi connectivity index (χ2v) is 9.33. The summed E-state index contributed by atoms with van der Waals surface area (Å²) >= 11 is 0. The van der Waals surface area contributed by atoms with Crippen molar-refractivity contribution < 1.29 is 4.74 Å². The average Bonchev–Trinajstić information content (AvgIpc) is 3.36. The van der Waals surface area contributed by atoms with Crippen LogP contribution in [-0.4, -0.2) is 37.8 Å². The molecule has 5 aromatic rings. The lowest BCUT2D eigenvalue weighted by atomic mass is 9.86. The molecule has 1 fully saturated rings. The maximum Gasteiger partial charge on any atom is 0.0963 e. The standard InChI is InChI=1S/C28H29N5O/c1-18-23(27-19(2)30-31-32(27)3)17-25-26(29-18)22-11-7-8-12-24(22)33(25)28(20-9-5-4-6-10-20)21-13-15-34-16-14-21/h4-12,17,21,28H,13-16H2,1-3H3/t28-/m1/s1. The van der Waals surface area contributed by atoms with E-state index in [0.29, 0.717) is 5.92 Å². The van der Waals surface area contributed by atoms with Crippen LogP contribution in [0.25, 0.3) is 33.2 Å². The Labute approximate surface area is 199 Å². The van der Waals surface area contributed by atoms with Crippen LogP contribution in [0.5, 0.6) is 0 Å². The van der Waals surface area contributed by atoms with Gasteiger partial charge in [0.2, 0.25) is 0 Å². The van der Waals surface area contributed by atoms with Crippen LogP contribution in [0.3, 0.4) is 0 Å². The largest absolute Gasteiger partial charge is 0.381 e. The fourth-order valence-corrected chi connectivity index (χ4v) is 5.67. The van der Waals surface area contributed by atoms with Gasteiger partial charge in [-0.15, -0.1) is 5.10 Å². The number of hydrogen-bond acceptors (Lipinski definition) is 4. The number of aromatic nitrogens is 5. The SMILES string of the molecule is Cc1nc2c3ccccc3n([C@H](c3ccccc3)C3CCOCC3)c2cc1-c1c(C)nnn1C. The van der Waals surface area contributed by atoms with Gasteiger partial charge in [0.25, 0.3) is 0 Å². The fourth-order valence-electron chi connectivity index (χ4n) is 5.67. The van der Waals surface area contributed by atoms with E-state index in [1.165, 1.54) is 16.5 Å². The predicted molar refractivity (Wildman–Crippen MR) is 135 cm³/mol. The van der Waals surface area contributed by atoms with E-state index in [-0.39, 0.29) is 6.04 Å². The Balaban J connectivity index is 1.68. The zero-order valence-corrected chi connectivity index (χ0v) is 19.9. The molecule has 4 heterocycles. The molecule has 6 heteroatoms. The van der Waals surface area contributed by atoms with Crippen molar-refractivity contribution in [2.45, 2.75) is 32.7 Å². The molecular weight excluding hydrogens is 422 g/mol. The number of ether oxygens (including phenoxy) is 1. The highest BCUT2D eigenvalue weighted by Crippen LogP contribution is 2.41. The van der Waals surface area contributed by atoms with Gasteiger partial charge in [0.1, 0.15) is 0 Å². The Morgan fingerprint density at radius 2 is 1.65 bits per heavy atom. The highest BCUT2D eigenvalue weighted by molar-refractivity contribution is 6.07. The number of fused-ring (bicyclic) bond motifs is 3. The summed E-state index contributed by atoms with van der Waals surface area (Å²) < 4.78 is 10.1. The average molecular weight is 452 g/mol. The molecule has 1 saturated heterocycles. The topological polar surface area (TPSA) is 57.8 Å². The normalized spacial score (nSPS) is 15.9. The van der Waals surface area contributed by atoms with Gasteiger partial charge in [-0.05, 0) is 50.3 Å². The third kappa shape index (κ3) is 3.32. The Morgan fingerprint density at radius 1 is 0.912 bits per heavy atom.